The molecule has 0 heterocycles. The fraction of sp³-hybridized carbons (Fsp3) is 0.818. The van der Waals surface area contributed by atoms with Crippen molar-refractivity contribution in [1.82, 2.24) is 5.32 Å². The second-order valence-electron chi connectivity index (χ2n) is 4.21. The summed E-state index contributed by atoms with van der Waals surface area (Å²) in [6.45, 7) is 1.03. The fourth-order valence-electron chi connectivity index (χ4n) is 2.13. The molecule has 0 saturated heterocycles. The average molecular weight is 209 g/mol. The highest BCUT2D eigenvalue weighted by molar-refractivity contribution is 5.83. The highest BCUT2D eigenvalue weighted by Crippen LogP contribution is 2.37. The fourth-order valence-corrected chi connectivity index (χ4v) is 2.13. The molecule has 3 N–H and O–H groups in total. The number of carbonyl (C=O) groups excluding carboxylic acids is 1. The van der Waals surface area contributed by atoms with Crippen LogP contribution in [0.15, 0.2) is 0 Å². The van der Waals surface area contributed by atoms with Gasteiger partial charge in [0.1, 0.15) is 0 Å². The molecular formula is C11H19N3O. The molecule has 1 aliphatic rings. The van der Waals surface area contributed by atoms with Crippen LogP contribution in [-0.4, -0.2) is 19.0 Å². The molecule has 0 aromatic rings. The number of nitrogens with one attached hydrogen (secondary N) is 1. The van der Waals surface area contributed by atoms with Crippen LogP contribution in [-0.2, 0) is 4.79 Å². The zero-order chi connectivity index (χ0) is 11.1. The Bertz CT molecular complexity index is 251. The van der Waals surface area contributed by atoms with Crippen LogP contribution in [0.2, 0.25) is 0 Å². The van der Waals surface area contributed by atoms with Gasteiger partial charge in [-0.25, -0.2) is 0 Å². The van der Waals surface area contributed by atoms with Crippen molar-refractivity contribution in [3.63, 3.8) is 0 Å². The summed E-state index contributed by atoms with van der Waals surface area (Å²) < 4.78 is 0. The molecule has 0 aromatic heterocycles. The average Bonchev–Trinajstić information content (AvgIpc) is 2.74. The molecule has 1 amide bonds. The monoisotopic (exact) mass is 209 g/mol. The van der Waals surface area contributed by atoms with E-state index in [1.165, 1.54) is 0 Å². The van der Waals surface area contributed by atoms with Crippen LogP contribution < -0.4 is 11.1 Å². The predicted molar refractivity (Wildman–Crippen MR) is 57.8 cm³/mol. The Kier molecular flexibility index (Phi) is 4.57. The van der Waals surface area contributed by atoms with E-state index in [0.717, 1.165) is 32.1 Å². The SMILES string of the molecule is N#CCCCNC(=O)C1(CN)CCCC1. The molecular weight excluding hydrogens is 190 g/mol. The lowest BCUT2D eigenvalue weighted by molar-refractivity contribution is -0.130. The molecule has 4 heteroatoms. The van der Waals surface area contributed by atoms with Gasteiger partial charge in [-0.3, -0.25) is 4.79 Å². The molecule has 0 radical (unpaired) electrons. The van der Waals surface area contributed by atoms with Crippen molar-refractivity contribution < 1.29 is 4.79 Å². The minimum Gasteiger partial charge on any atom is -0.356 e. The van der Waals surface area contributed by atoms with Crippen molar-refractivity contribution in [3.05, 3.63) is 0 Å². The van der Waals surface area contributed by atoms with Crippen molar-refractivity contribution in [2.45, 2.75) is 38.5 Å². The lowest BCUT2D eigenvalue weighted by Gasteiger charge is -2.25. The van der Waals surface area contributed by atoms with Gasteiger partial charge in [0.15, 0.2) is 0 Å². The van der Waals surface area contributed by atoms with Gasteiger partial charge < -0.3 is 11.1 Å². The van der Waals surface area contributed by atoms with Crippen LogP contribution in [0.4, 0.5) is 0 Å². The van der Waals surface area contributed by atoms with Crippen molar-refractivity contribution in [2.24, 2.45) is 11.1 Å². The quantitative estimate of drug-likeness (QED) is 0.661. The van der Waals surface area contributed by atoms with E-state index in [9.17, 15) is 4.79 Å². The second kappa shape index (κ2) is 5.72. The molecule has 0 spiro atoms. The Morgan fingerprint density at radius 2 is 2.13 bits per heavy atom. The first-order chi connectivity index (χ1) is 7.25. The number of amides is 1. The van der Waals surface area contributed by atoms with E-state index >= 15 is 0 Å². The molecule has 15 heavy (non-hydrogen) atoms. The highest BCUT2D eigenvalue weighted by Gasteiger charge is 2.39. The Morgan fingerprint density at radius 1 is 1.47 bits per heavy atom. The standard InChI is InChI=1S/C11H19N3O/c12-7-3-4-8-14-10(15)11(9-13)5-1-2-6-11/h1-6,8-9,13H2,(H,14,15). The van der Waals surface area contributed by atoms with E-state index in [0.29, 0.717) is 19.5 Å². The molecule has 1 fully saturated rings. The summed E-state index contributed by atoms with van der Waals surface area (Å²) in [5, 5.41) is 11.2. The third kappa shape index (κ3) is 2.93. The summed E-state index contributed by atoms with van der Waals surface area (Å²) in [6, 6.07) is 2.06. The molecule has 1 rings (SSSR count). The van der Waals surface area contributed by atoms with Gasteiger partial charge in [0, 0.05) is 19.5 Å². The summed E-state index contributed by atoms with van der Waals surface area (Å²) in [5.41, 5.74) is 5.37. The van der Waals surface area contributed by atoms with Gasteiger partial charge >= 0.3 is 0 Å². The minimum atomic E-state index is -0.313. The molecule has 0 unspecified atom stereocenters. The predicted octanol–water partition coefficient (Wildman–Crippen LogP) is 0.925. The smallest absolute Gasteiger partial charge is 0.227 e. The number of rotatable bonds is 5. The van der Waals surface area contributed by atoms with Gasteiger partial charge in [0.25, 0.3) is 0 Å². The molecule has 84 valence electrons. The van der Waals surface area contributed by atoms with Crippen LogP contribution in [0.3, 0.4) is 0 Å². The maximum absolute atomic E-state index is 11.9. The Hall–Kier alpha value is -1.08. The molecule has 0 aliphatic heterocycles. The van der Waals surface area contributed by atoms with Gasteiger partial charge in [0.05, 0.1) is 11.5 Å². The van der Waals surface area contributed by atoms with E-state index in [-0.39, 0.29) is 11.3 Å². The molecule has 0 bridgehead atoms. The van der Waals surface area contributed by atoms with E-state index in [1.54, 1.807) is 0 Å². The lowest BCUT2D eigenvalue weighted by atomic mass is 9.85. The zero-order valence-electron chi connectivity index (χ0n) is 9.09. The third-order valence-corrected chi connectivity index (χ3v) is 3.18. The maximum Gasteiger partial charge on any atom is 0.227 e. The first-order valence-electron chi connectivity index (χ1n) is 5.60. The Morgan fingerprint density at radius 3 is 2.67 bits per heavy atom. The van der Waals surface area contributed by atoms with Gasteiger partial charge in [-0.1, -0.05) is 12.8 Å². The summed E-state index contributed by atoms with van der Waals surface area (Å²) >= 11 is 0. The van der Waals surface area contributed by atoms with Crippen molar-refractivity contribution in [1.29, 1.82) is 5.26 Å². The first-order valence-corrected chi connectivity index (χ1v) is 5.60. The molecule has 0 aromatic carbocycles. The number of hydrogen-bond donors (Lipinski definition) is 2. The maximum atomic E-state index is 11.9. The third-order valence-electron chi connectivity index (χ3n) is 3.18. The van der Waals surface area contributed by atoms with E-state index in [2.05, 4.69) is 11.4 Å². The number of nitriles is 1. The first kappa shape index (κ1) is 12.0. The minimum absolute atomic E-state index is 0.0837. The van der Waals surface area contributed by atoms with E-state index in [4.69, 9.17) is 11.0 Å². The second-order valence-corrected chi connectivity index (χ2v) is 4.21. The topological polar surface area (TPSA) is 78.9 Å². The largest absolute Gasteiger partial charge is 0.356 e. The lowest BCUT2D eigenvalue weighted by Crippen LogP contribution is -2.44. The van der Waals surface area contributed by atoms with Gasteiger partial charge in [0.2, 0.25) is 5.91 Å². The summed E-state index contributed by atoms with van der Waals surface area (Å²) in [4.78, 5) is 11.9. The highest BCUT2D eigenvalue weighted by atomic mass is 16.2. The summed E-state index contributed by atoms with van der Waals surface area (Å²) in [7, 11) is 0. The van der Waals surface area contributed by atoms with E-state index in [1.807, 2.05) is 0 Å². The Balaban J connectivity index is 2.34. The molecule has 1 saturated carbocycles. The number of unbranched alkanes of at least 4 members (excludes halogenated alkanes) is 1. The Labute approximate surface area is 90.8 Å². The number of nitrogens with two attached hydrogens (primary N) is 1. The molecule has 1 aliphatic carbocycles. The van der Waals surface area contributed by atoms with Gasteiger partial charge in [-0.15, -0.1) is 0 Å². The number of carbonyl (C=O) groups is 1. The van der Waals surface area contributed by atoms with Crippen LogP contribution >= 0.6 is 0 Å². The van der Waals surface area contributed by atoms with E-state index < -0.39 is 0 Å². The molecule has 0 atom stereocenters. The van der Waals surface area contributed by atoms with Crippen LogP contribution in [0.25, 0.3) is 0 Å². The summed E-state index contributed by atoms with van der Waals surface area (Å²) in [5.74, 6) is 0.0837. The van der Waals surface area contributed by atoms with Crippen LogP contribution in [0.5, 0.6) is 0 Å². The van der Waals surface area contributed by atoms with Crippen molar-refractivity contribution in [2.75, 3.05) is 13.1 Å². The number of nitrogens with zero attached hydrogens (tertiary/aromatic N) is 1. The van der Waals surface area contributed by atoms with Crippen molar-refractivity contribution in [3.8, 4) is 6.07 Å². The summed E-state index contributed by atoms with van der Waals surface area (Å²) in [6.07, 6.45) is 5.24. The van der Waals surface area contributed by atoms with Crippen LogP contribution in [0.1, 0.15) is 38.5 Å². The zero-order valence-corrected chi connectivity index (χ0v) is 9.09. The van der Waals surface area contributed by atoms with Crippen LogP contribution in [0, 0.1) is 16.7 Å². The van der Waals surface area contributed by atoms with Gasteiger partial charge in [-0.05, 0) is 19.3 Å². The van der Waals surface area contributed by atoms with Gasteiger partial charge in [-0.2, -0.15) is 5.26 Å². The normalized spacial score (nSPS) is 18.4. The van der Waals surface area contributed by atoms with Crippen molar-refractivity contribution >= 4 is 5.91 Å². The molecule has 4 nitrogen and oxygen atoms in total. The number of hydrogen-bond acceptors (Lipinski definition) is 3.